The minimum atomic E-state index is -0.400. The second kappa shape index (κ2) is 12.6. The second-order valence-electron chi connectivity index (χ2n) is 9.12. The summed E-state index contributed by atoms with van der Waals surface area (Å²) in [6.45, 7) is 9.95. The standard InChI is InChI=1S/C18H36B4N2O3S2/c1-10(2)17(27)23-11(15(25)21-19)8-28-13-6-7-14(13)29-9-12(16(26)22-20)24-18(3,4)5/h10-14,21-22,24H,6-9,19-20H2,1-5H3,(H,23,27). The topological polar surface area (TPSA) is 75.3 Å². The van der Waals surface area contributed by atoms with E-state index in [0.717, 1.165) is 18.6 Å². The summed E-state index contributed by atoms with van der Waals surface area (Å²) in [5, 5.41) is 7.36. The van der Waals surface area contributed by atoms with E-state index in [1.54, 1.807) is 11.8 Å². The molecule has 1 rings (SSSR count). The molecule has 1 saturated carbocycles. The summed E-state index contributed by atoms with van der Waals surface area (Å²) in [5.74, 6) is 1.23. The van der Waals surface area contributed by atoms with Crippen LogP contribution in [-0.4, -0.2) is 86.7 Å². The van der Waals surface area contributed by atoms with Crippen LogP contribution in [0.5, 0.6) is 0 Å². The van der Waals surface area contributed by atoms with Gasteiger partial charge in [-0.25, -0.2) is 0 Å². The number of rotatable bonds is 13. The third-order valence-electron chi connectivity index (χ3n) is 5.03. The fraction of sp³-hybridized carbons (Fsp3) is 0.833. The lowest BCUT2D eigenvalue weighted by molar-refractivity contribution is -0.127. The van der Waals surface area contributed by atoms with E-state index < -0.39 is 6.04 Å². The van der Waals surface area contributed by atoms with Crippen LogP contribution in [0.25, 0.3) is 0 Å². The fourth-order valence-electron chi connectivity index (χ4n) is 3.04. The first-order valence-corrected chi connectivity index (χ1v) is 12.9. The highest BCUT2D eigenvalue weighted by molar-refractivity contribution is 8.04. The van der Waals surface area contributed by atoms with E-state index in [4.69, 9.17) is 0 Å². The van der Waals surface area contributed by atoms with Crippen molar-refractivity contribution >= 4 is 70.6 Å². The highest BCUT2D eigenvalue weighted by Gasteiger charge is 2.34. The summed E-state index contributed by atoms with van der Waals surface area (Å²) in [5.41, 5.74) is 0.269. The van der Waals surface area contributed by atoms with Gasteiger partial charge >= 0.3 is 0 Å². The lowest BCUT2D eigenvalue weighted by atomic mass is 9.51. The van der Waals surface area contributed by atoms with Crippen LogP contribution in [0.2, 0.25) is 0 Å². The van der Waals surface area contributed by atoms with Gasteiger partial charge in [-0.2, -0.15) is 23.5 Å². The number of thioether (sulfide) groups is 2. The van der Waals surface area contributed by atoms with Gasteiger partial charge in [0.25, 0.3) is 0 Å². The largest absolute Gasteiger partial charge is 0.346 e. The quantitative estimate of drug-likeness (QED) is 0.358. The molecule has 1 aliphatic carbocycles. The molecule has 0 radical (unpaired) electrons. The molecule has 0 aliphatic heterocycles. The van der Waals surface area contributed by atoms with Gasteiger partial charge < -0.3 is 20.2 Å². The van der Waals surface area contributed by atoms with Gasteiger partial charge in [-0.1, -0.05) is 13.8 Å². The number of hydrogen-bond donors (Lipinski definition) is 2. The van der Waals surface area contributed by atoms with Crippen LogP contribution < -0.4 is 10.6 Å². The summed E-state index contributed by atoms with van der Waals surface area (Å²) in [4.78, 5) is 36.6. The minimum Gasteiger partial charge on any atom is -0.346 e. The van der Waals surface area contributed by atoms with Gasteiger partial charge in [0.15, 0.2) is 14.3 Å². The molecule has 0 aromatic heterocycles. The van der Waals surface area contributed by atoms with E-state index in [9.17, 15) is 14.4 Å². The Morgan fingerprint density at radius 1 is 0.966 bits per heavy atom. The van der Waals surface area contributed by atoms with E-state index in [1.165, 1.54) is 0 Å². The Balaban J connectivity index is 2.56. The molecule has 2 N–H and O–H groups in total. The molecule has 0 saturated heterocycles. The molecule has 11 heteroatoms. The molecule has 1 amide bonds. The monoisotopic (exact) mass is 436 g/mol. The number of carbonyl (C=O) groups excluding carboxylic acids is 3. The maximum absolute atomic E-state index is 12.3. The van der Waals surface area contributed by atoms with Crippen LogP contribution in [0, 0.1) is 5.92 Å². The molecule has 4 atom stereocenters. The predicted octanol–water partition coefficient (Wildman–Crippen LogP) is -1.10. The summed E-state index contributed by atoms with van der Waals surface area (Å²) < 4.78 is 0. The second-order valence-corrected chi connectivity index (χ2v) is 11.7. The lowest BCUT2D eigenvalue weighted by Gasteiger charge is -2.38. The van der Waals surface area contributed by atoms with Crippen molar-refractivity contribution in [3.05, 3.63) is 0 Å². The SMILES string of the molecule is BBC(=O)C(CSC1CCC1SCC(NC(C)(C)C)C(=O)BB)NC(=O)C(C)C. The number of carbonyl (C=O) groups is 3. The average molecular weight is 436 g/mol. The smallest absolute Gasteiger partial charge is 0.223 e. The lowest BCUT2D eigenvalue weighted by Crippen LogP contribution is -2.51. The molecular weight excluding hydrogens is 400 g/mol. The Bertz CT molecular complexity index is 576. The Morgan fingerprint density at radius 2 is 1.41 bits per heavy atom. The van der Waals surface area contributed by atoms with Gasteiger partial charge in [0.1, 0.15) is 5.68 Å². The number of hydrogen-bond acceptors (Lipinski definition) is 6. The number of amides is 1. The van der Waals surface area contributed by atoms with Gasteiger partial charge in [0.05, 0.1) is 33.2 Å². The maximum Gasteiger partial charge on any atom is 0.223 e. The van der Waals surface area contributed by atoms with Crippen molar-refractivity contribution in [3.63, 3.8) is 0 Å². The van der Waals surface area contributed by atoms with Crippen LogP contribution in [-0.2, 0) is 14.4 Å². The molecule has 5 nitrogen and oxygen atoms in total. The van der Waals surface area contributed by atoms with Gasteiger partial charge in [0, 0.05) is 33.5 Å². The van der Waals surface area contributed by atoms with Crippen LogP contribution >= 0.6 is 23.5 Å². The van der Waals surface area contributed by atoms with Crippen molar-refractivity contribution in [1.82, 2.24) is 10.6 Å². The molecule has 0 aromatic carbocycles. The summed E-state index contributed by atoms with van der Waals surface area (Å²) >= 11 is 3.67. The van der Waals surface area contributed by atoms with Gasteiger partial charge in [-0.15, -0.1) is 0 Å². The molecule has 0 aromatic rings. The zero-order valence-electron chi connectivity index (χ0n) is 19.2. The van der Waals surface area contributed by atoms with E-state index in [-0.39, 0.29) is 34.8 Å². The maximum atomic E-state index is 12.3. The molecular formula is C18H36B4N2O3S2. The fourth-order valence-corrected chi connectivity index (χ4v) is 6.24. The highest BCUT2D eigenvalue weighted by Crippen LogP contribution is 2.40. The molecule has 0 heterocycles. The van der Waals surface area contributed by atoms with Crippen LogP contribution in [0.3, 0.4) is 0 Å². The first kappa shape index (κ1) is 26.8. The zero-order valence-corrected chi connectivity index (χ0v) is 20.8. The van der Waals surface area contributed by atoms with Crippen LogP contribution in [0.4, 0.5) is 0 Å². The average Bonchev–Trinajstić information content (AvgIpc) is 2.62. The van der Waals surface area contributed by atoms with Crippen molar-refractivity contribution in [2.45, 2.75) is 75.6 Å². The van der Waals surface area contributed by atoms with E-state index >= 15 is 0 Å². The van der Waals surface area contributed by atoms with Crippen molar-refractivity contribution < 1.29 is 14.4 Å². The first-order chi connectivity index (χ1) is 13.5. The predicted molar refractivity (Wildman–Crippen MR) is 137 cm³/mol. The van der Waals surface area contributed by atoms with E-state index in [1.807, 2.05) is 41.1 Å². The Kier molecular flexibility index (Phi) is 11.6. The zero-order chi connectivity index (χ0) is 22.2. The highest BCUT2D eigenvalue weighted by atomic mass is 32.2. The van der Waals surface area contributed by atoms with E-state index in [2.05, 4.69) is 31.4 Å². The molecule has 0 bridgehead atoms. The minimum absolute atomic E-state index is 0.0638. The molecule has 1 aliphatic rings. The van der Waals surface area contributed by atoms with Gasteiger partial charge in [-0.3, -0.25) is 4.79 Å². The van der Waals surface area contributed by atoms with Gasteiger partial charge in [0.2, 0.25) is 5.91 Å². The Hall–Kier alpha value is -0.270. The number of nitrogens with one attached hydrogen (secondary N) is 2. The van der Waals surface area contributed by atoms with Crippen LogP contribution in [0.1, 0.15) is 47.5 Å². The third kappa shape index (κ3) is 9.60. The van der Waals surface area contributed by atoms with Crippen LogP contribution in [0.15, 0.2) is 0 Å². The first-order valence-electron chi connectivity index (χ1n) is 10.8. The van der Waals surface area contributed by atoms with Crippen molar-refractivity contribution in [2.75, 3.05) is 11.5 Å². The summed E-state index contributed by atoms with van der Waals surface area (Å²) in [6.07, 6.45) is 2.28. The molecule has 4 unspecified atom stereocenters. The molecule has 160 valence electrons. The molecule has 0 spiro atoms. The van der Waals surface area contributed by atoms with Crippen molar-refractivity contribution in [1.29, 1.82) is 0 Å². The third-order valence-corrected chi connectivity index (χ3v) is 8.24. The van der Waals surface area contributed by atoms with Crippen molar-refractivity contribution in [2.24, 2.45) is 5.92 Å². The molecule has 1 fully saturated rings. The summed E-state index contributed by atoms with van der Waals surface area (Å²) in [7, 11) is 4.75. The van der Waals surface area contributed by atoms with E-state index in [0.29, 0.717) is 30.6 Å². The Morgan fingerprint density at radius 3 is 1.79 bits per heavy atom. The van der Waals surface area contributed by atoms with Crippen molar-refractivity contribution in [3.8, 4) is 0 Å². The molecule has 29 heavy (non-hydrogen) atoms. The summed E-state index contributed by atoms with van der Waals surface area (Å²) in [6, 6.07) is -0.515. The van der Waals surface area contributed by atoms with Gasteiger partial charge in [-0.05, 0) is 33.6 Å². The Labute approximate surface area is 188 Å². The normalized spacial score (nSPS) is 21.0.